The van der Waals surface area contributed by atoms with Crippen molar-refractivity contribution in [3.05, 3.63) is 35.9 Å². The second kappa shape index (κ2) is 13.2. The molecule has 0 unspecified atom stereocenters. The number of carbonyl (C=O) groups is 2. The molecule has 5 N–H and O–H groups in total. The van der Waals surface area contributed by atoms with Crippen LogP contribution < -0.4 is 16.4 Å². The van der Waals surface area contributed by atoms with E-state index in [1.807, 2.05) is 23.1 Å². The van der Waals surface area contributed by atoms with Gasteiger partial charge >= 0.3 is 6.09 Å². The van der Waals surface area contributed by atoms with Crippen LogP contribution in [0.3, 0.4) is 0 Å². The molecule has 1 heterocycles. The molecule has 2 fully saturated rings. The van der Waals surface area contributed by atoms with Gasteiger partial charge in [0.05, 0.1) is 18.5 Å². The van der Waals surface area contributed by atoms with Crippen molar-refractivity contribution in [2.45, 2.75) is 77.8 Å². The van der Waals surface area contributed by atoms with Gasteiger partial charge in [-0.25, -0.2) is 4.79 Å². The minimum absolute atomic E-state index is 0.00992. The second-order valence-electron chi connectivity index (χ2n) is 11.1. The lowest BCUT2D eigenvalue weighted by Crippen LogP contribution is -2.58. The fourth-order valence-electron chi connectivity index (χ4n) is 5.62. The largest absolute Gasteiger partial charge is 0.450 e. The van der Waals surface area contributed by atoms with E-state index in [4.69, 9.17) is 28.1 Å². The number of alkyl carbamates (subject to hydrolysis) is 1. The van der Waals surface area contributed by atoms with Crippen molar-refractivity contribution >= 4 is 35.0 Å². The lowest BCUT2D eigenvalue weighted by Gasteiger charge is -2.40. The molecular formula is C28H43N5O3S. The van der Waals surface area contributed by atoms with Crippen LogP contribution in [0.25, 0.3) is 0 Å². The maximum Gasteiger partial charge on any atom is 0.407 e. The van der Waals surface area contributed by atoms with Crippen molar-refractivity contribution in [3.8, 4) is 0 Å². The molecule has 3 rings (SSSR count). The first-order valence-corrected chi connectivity index (χ1v) is 13.9. The average Bonchev–Trinajstić information content (AvgIpc) is 3.36. The predicted octanol–water partition coefficient (Wildman–Crippen LogP) is 4.02. The van der Waals surface area contributed by atoms with Crippen LogP contribution in [-0.4, -0.2) is 59.5 Å². The molecular weight excluding hydrogens is 486 g/mol. The van der Waals surface area contributed by atoms with E-state index in [0.717, 1.165) is 44.1 Å². The van der Waals surface area contributed by atoms with Crippen molar-refractivity contribution in [1.29, 1.82) is 5.41 Å². The molecule has 1 aromatic carbocycles. The summed E-state index contributed by atoms with van der Waals surface area (Å²) in [5.74, 6) is 0.852. The summed E-state index contributed by atoms with van der Waals surface area (Å²) in [6.45, 7) is 7.54. The van der Waals surface area contributed by atoms with E-state index >= 15 is 0 Å². The fraction of sp³-hybridized carbons (Fsp3) is 0.643. The molecule has 0 spiro atoms. The third-order valence-corrected chi connectivity index (χ3v) is 8.23. The molecule has 1 saturated carbocycles. The summed E-state index contributed by atoms with van der Waals surface area (Å²) in [6, 6.07) is 9.31. The summed E-state index contributed by atoms with van der Waals surface area (Å²) in [4.78, 5) is 28.4. The Morgan fingerprint density at radius 2 is 1.86 bits per heavy atom. The van der Waals surface area contributed by atoms with E-state index in [-0.39, 0.29) is 30.3 Å². The number of amides is 2. The monoisotopic (exact) mass is 529 g/mol. The molecule has 2 amide bonds. The van der Waals surface area contributed by atoms with Gasteiger partial charge in [0, 0.05) is 19.0 Å². The van der Waals surface area contributed by atoms with Crippen LogP contribution in [0.15, 0.2) is 30.3 Å². The van der Waals surface area contributed by atoms with E-state index < -0.39 is 17.6 Å². The highest BCUT2D eigenvalue weighted by Crippen LogP contribution is 2.31. The predicted molar refractivity (Wildman–Crippen MR) is 151 cm³/mol. The molecule has 1 aliphatic carbocycles. The maximum atomic E-state index is 13.3. The molecule has 1 aliphatic heterocycles. The molecule has 1 aromatic rings. The second-order valence-corrected chi connectivity index (χ2v) is 11.5. The number of likely N-dealkylation sites (tertiary alicyclic amines) is 1. The number of carbonyl (C=O) groups excluding carboxylic acids is 2. The van der Waals surface area contributed by atoms with Crippen LogP contribution in [0.1, 0.15) is 64.9 Å². The van der Waals surface area contributed by atoms with Crippen molar-refractivity contribution in [2.24, 2.45) is 23.0 Å². The standard InChI is InChI=1S/C28H43N5O3S/c1-4-36-27(35)32-23(28(2,3)17-19-9-6-5-7-10-19)26(37)33-16-8-11-22(33)25(34)31-18-20-12-14-21(15-13-20)24(29)30/h5-7,9-10,20-23H,4,8,11-18H2,1-3H3,(H3,29,30)(H,31,34)(H,32,35)/t20?,21?,22-,23+/m0/s1. The van der Waals surface area contributed by atoms with Crippen molar-refractivity contribution in [2.75, 3.05) is 19.7 Å². The van der Waals surface area contributed by atoms with E-state index in [9.17, 15) is 9.59 Å². The van der Waals surface area contributed by atoms with E-state index in [0.29, 0.717) is 30.4 Å². The van der Waals surface area contributed by atoms with Crippen molar-refractivity contribution in [1.82, 2.24) is 15.5 Å². The van der Waals surface area contributed by atoms with Gasteiger partial charge in [-0.1, -0.05) is 56.4 Å². The van der Waals surface area contributed by atoms with Gasteiger partial charge in [-0.05, 0) is 68.8 Å². The Labute approximate surface area is 226 Å². The smallest absolute Gasteiger partial charge is 0.407 e. The quantitative estimate of drug-likeness (QED) is 0.206. The van der Waals surface area contributed by atoms with Crippen LogP contribution in [0.5, 0.6) is 0 Å². The highest BCUT2D eigenvalue weighted by Gasteiger charge is 2.41. The van der Waals surface area contributed by atoms with Gasteiger partial charge in [0.1, 0.15) is 11.0 Å². The topological polar surface area (TPSA) is 121 Å². The van der Waals surface area contributed by atoms with Crippen LogP contribution in [0.4, 0.5) is 4.79 Å². The summed E-state index contributed by atoms with van der Waals surface area (Å²) in [5, 5.41) is 13.8. The number of nitrogens with one attached hydrogen (secondary N) is 3. The Morgan fingerprint density at radius 1 is 1.19 bits per heavy atom. The van der Waals surface area contributed by atoms with Crippen LogP contribution in [0.2, 0.25) is 0 Å². The number of thiocarbonyl (C=S) groups is 1. The normalized spacial score (nSPS) is 22.7. The Hall–Kier alpha value is -2.68. The fourth-order valence-corrected chi connectivity index (χ4v) is 6.21. The number of hydrogen-bond donors (Lipinski definition) is 4. The summed E-state index contributed by atoms with van der Waals surface area (Å²) in [7, 11) is 0. The number of ether oxygens (including phenoxy) is 1. The van der Waals surface area contributed by atoms with Crippen molar-refractivity contribution in [3.63, 3.8) is 0 Å². The first-order valence-electron chi connectivity index (χ1n) is 13.5. The van der Waals surface area contributed by atoms with Gasteiger partial charge in [0.15, 0.2) is 0 Å². The average molecular weight is 530 g/mol. The Balaban J connectivity index is 1.67. The first kappa shape index (κ1) is 28.9. The van der Waals surface area contributed by atoms with Gasteiger partial charge in [-0.3, -0.25) is 10.2 Å². The number of hydrogen-bond acceptors (Lipinski definition) is 5. The summed E-state index contributed by atoms with van der Waals surface area (Å²) in [5.41, 5.74) is 6.41. The molecule has 0 aromatic heterocycles. The summed E-state index contributed by atoms with van der Waals surface area (Å²) < 4.78 is 5.20. The van der Waals surface area contributed by atoms with Crippen LogP contribution in [-0.2, 0) is 16.0 Å². The zero-order valence-corrected chi connectivity index (χ0v) is 23.2. The van der Waals surface area contributed by atoms with Gasteiger partial charge in [-0.15, -0.1) is 0 Å². The number of rotatable bonds is 10. The molecule has 2 atom stereocenters. The lowest BCUT2D eigenvalue weighted by atomic mass is 9.78. The molecule has 9 heteroatoms. The molecule has 0 bridgehead atoms. The molecule has 8 nitrogen and oxygen atoms in total. The van der Waals surface area contributed by atoms with Crippen molar-refractivity contribution < 1.29 is 14.3 Å². The minimum Gasteiger partial charge on any atom is -0.450 e. The maximum absolute atomic E-state index is 13.3. The van der Waals surface area contributed by atoms with Gasteiger partial charge < -0.3 is 26.0 Å². The van der Waals surface area contributed by atoms with Crippen LogP contribution >= 0.6 is 12.2 Å². The molecule has 1 saturated heterocycles. The molecule has 0 radical (unpaired) electrons. The van der Waals surface area contributed by atoms with E-state index in [1.54, 1.807) is 6.92 Å². The molecule has 204 valence electrons. The number of amidine groups is 1. The Morgan fingerprint density at radius 3 is 2.49 bits per heavy atom. The van der Waals surface area contributed by atoms with Gasteiger partial charge in [0.2, 0.25) is 5.91 Å². The SMILES string of the molecule is CCOC(=O)N[C@H](C(=S)N1CCC[C@H]1C(=O)NCC1CCC(C(=N)N)CC1)C(C)(C)Cc1ccccc1. The van der Waals surface area contributed by atoms with E-state index in [2.05, 4.69) is 36.6 Å². The lowest BCUT2D eigenvalue weighted by molar-refractivity contribution is -0.124. The Bertz CT molecular complexity index is 946. The third kappa shape index (κ3) is 7.90. The molecule has 2 aliphatic rings. The zero-order chi connectivity index (χ0) is 27.0. The highest BCUT2D eigenvalue weighted by molar-refractivity contribution is 7.80. The number of nitrogens with zero attached hydrogens (tertiary/aromatic N) is 1. The third-order valence-electron chi connectivity index (χ3n) is 7.76. The highest BCUT2D eigenvalue weighted by atomic mass is 32.1. The summed E-state index contributed by atoms with van der Waals surface area (Å²) in [6.07, 6.45) is 5.56. The minimum atomic E-state index is -0.502. The summed E-state index contributed by atoms with van der Waals surface area (Å²) >= 11 is 5.99. The van der Waals surface area contributed by atoms with Gasteiger partial charge in [-0.2, -0.15) is 0 Å². The van der Waals surface area contributed by atoms with Crippen LogP contribution in [0, 0.1) is 22.7 Å². The first-order chi connectivity index (χ1) is 17.6. The van der Waals surface area contributed by atoms with E-state index in [1.165, 1.54) is 0 Å². The van der Waals surface area contributed by atoms with Gasteiger partial charge in [0.25, 0.3) is 0 Å². The zero-order valence-electron chi connectivity index (χ0n) is 22.4. The molecule has 37 heavy (non-hydrogen) atoms. The number of benzene rings is 1. The Kier molecular flexibility index (Phi) is 10.3. The number of nitrogens with two attached hydrogens (primary N) is 1.